The van der Waals surface area contributed by atoms with Crippen molar-refractivity contribution in [1.82, 2.24) is 5.32 Å². The lowest BCUT2D eigenvalue weighted by Crippen LogP contribution is -2.40. The van der Waals surface area contributed by atoms with Gasteiger partial charge in [-0.25, -0.2) is 4.79 Å². The molecule has 1 aromatic rings. The third kappa shape index (κ3) is 4.13. The van der Waals surface area contributed by atoms with E-state index in [0.29, 0.717) is 5.69 Å². The van der Waals surface area contributed by atoms with Crippen molar-refractivity contribution >= 4 is 29.2 Å². The molecule has 0 saturated carbocycles. The fourth-order valence-electron chi connectivity index (χ4n) is 1.87. The maximum absolute atomic E-state index is 11.7. The average Bonchev–Trinajstić information content (AvgIpc) is 2.40. The maximum atomic E-state index is 11.7. The molecule has 0 aromatic heterocycles. The summed E-state index contributed by atoms with van der Waals surface area (Å²) in [6.07, 6.45) is 2.12. The second-order valence-electron chi connectivity index (χ2n) is 4.32. The highest BCUT2D eigenvalue weighted by atomic mass is 32.2. The molecule has 1 saturated heterocycles. The molecule has 19 heavy (non-hydrogen) atoms. The number of nitro groups is 1. The molecule has 0 aliphatic carbocycles. The first-order chi connectivity index (χ1) is 9.15. The zero-order valence-corrected chi connectivity index (χ0v) is 11.1. The van der Waals surface area contributed by atoms with E-state index in [0.717, 1.165) is 24.3 Å². The highest BCUT2D eigenvalue weighted by Crippen LogP contribution is 2.18. The smallest absolute Gasteiger partial charge is 0.319 e. The molecular weight excluding hydrogens is 266 g/mol. The minimum absolute atomic E-state index is 0.00892. The van der Waals surface area contributed by atoms with Gasteiger partial charge in [0, 0.05) is 29.6 Å². The first-order valence-corrected chi connectivity index (χ1v) is 7.20. The zero-order chi connectivity index (χ0) is 13.7. The van der Waals surface area contributed by atoms with Crippen LogP contribution in [0, 0.1) is 10.1 Å². The molecule has 1 aliphatic heterocycles. The molecule has 1 heterocycles. The number of amides is 2. The molecule has 1 aromatic carbocycles. The lowest BCUT2D eigenvalue weighted by atomic mass is 10.2. The predicted octanol–water partition coefficient (Wildman–Crippen LogP) is 2.61. The number of carbonyl (C=O) groups is 1. The van der Waals surface area contributed by atoms with E-state index in [1.165, 1.54) is 24.3 Å². The van der Waals surface area contributed by atoms with Gasteiger partial charge in [0.15, 0.2) is 0 Å². The molecule has 0 spiro atoms. The highest BCUT2D eigenvalue weighted by Gasteiger charge is 2.16. The van der Waals surface area contributed by atoms with Gasteiger partial charge in [-0.15, -0.1) is 0 Å². The monoisotopic (exact) mass is 281 g/mol. The maximum Gasteiger partial charge on any atom is 0.319 e. The van der Waals surface area contributed by atoms with Crippen LogP contribution in [0.1, 0.15) is 12.8 Å². The van der Waals surface area contributed by atoms with Gasteiger partial charge in [0.25, 0.3) is 5.69 Å². The van der Waals surface area contributed by atoms with Gasteiger partial charge >= 0.3 is 6.03 Å². The Balaban J connectivity index is 1.85. The van der Waals surface area contributed by atoms with E-state index >= 15 is 0 Å². The fraction of sp³-hybridized carbons (Fsp3) is 0.417. The van der Waals surface area contributed by atoms with Crippen LogP contribution >= 0.6 is 11.8 Å². The van der Waals surface area contributed by atoms with Crippen LogP contribution in [0.5, 0.6) is 0 Å². The van der Waals surface area contributed by atoms with E-state index in [1.807, 2.05) is 11.8 Å². The van der Waals surface area contributed by atoms with Crippen molar-refractivity contribution in [2.75, 3.05) is 16.8 Å². The SMILES string of the molecule is O=C(Nc1ccc([N+](=O)[O-])cc1)N[C@H]1CCCSC1. The Labute approximate surface area is 115 Å². The summed E-state index contributed by atoms with van der Waals surface area (Å²) in [6, 6.07) is 5.72. The number of nitrogens with zero attached hydrogens (tertiary/aromatic N) is 1. The van der Waals surface area contributed by atoms with Gasteiger partial charge in [0.2, 0.25) is 0 Å². The number of anilines is 1. The number of rotatable bonds is 3. The van der Waals surface area contributed by atoms with E-state index in [1.54, 1.807) is 0 Å². The quantitative estimate of drug-likeness (QED) is 0.659. The number of thioether (sulfide) groups is 1. The van der Waals surface area contributed by atoms with Crippen molar-refractivity contribution in [3.63, 3.8) is 0 Å². The summed E-state index contributed by atoms with van der Waals surface area (Å²) >= 11 is 1.84. The van der Waals surface area contributed by atoms with Crippen molar-refractivity contribution in [2.45, 2.75) is 18.9 Å². The molecule has 1 aliphatic rings. The summed E-state index contributed by atoms with van der Waals surface area (Å²) in [5.41, 5.74) is 0.557. The molecule has 7 heteroatoms. The minimum atomic E-state index is -0.469. The van der Waals surface area contributed by atoms with Crippen LogP contribution in [0.2, 0.25) is 0 Å². The first-order valence-electron chi connectivity index (χ1n) is 6.05. The number of hydrogen-bond donors (Lipinski definition) is 2. The molecule has 6 nitrogen and oxygen atoms in total. The van der Waals surface area contributed by atoms with Crippen LogP contribution in [0.25, 0.3) is 0 Å². The van der Waals surface area contributed by atoms with E-state index in [-0.39, 0.29) is 17.8 Å². The average molecular weight is 281 g/mol. The van der Waals surface area contributed by atoms with Crippen LogP contribution < -0.4 is 10.6 Å². The summed E-state index contributed by atoms with van der Waals surface area (Å²) in [6.45, 7) is 0. The van der Waals surface area contributed by atoms with E-state index in [9.17, 15) is 14.9 Å². The second kappa shape index (κ2) is 6.42. The van der Waals surface area contributed by atoms with Crippen LogP contribution in [0.15, 0.2) is 24.3 Å². The van der Waals surface area contributed by atoms with Crippen LogP contribution in [-0.2, 0) is 0 Å². The van der Waals surface area contributed by atoms with Crippen molar-refractivity contribution in [2.24, 2.45) is 0 Å². The van der Waals surface area contributed by atoms with Gasteiger partial charge in [-0.2, -0.15) is 11.8 Å². The van der Waals surface area contributed by atoms with Crippen molar-refractivity contribution in [1.29, 1.82) is 0 Å². The van der Waals surface area contributed by atoms with Crippen LogP contribution in [0.3, 0.4) is 0 Å². The Kier molecular flexibility index (Phi) is 4.62. The Morgan fingerprint density at radius 2 is 2.11 bits per heavy atom. The number of carbonyl (C=O) groups excluding carboxylic acids is 1. The third-order valence-corrected chi connectivity index (χ3v) is 4.05. The fourth-order valence-corrected chi connectivity index (χ4v) is 2.95. The normalized spacial score (nSPS) is 18.6. The highest BCUT2D eigenvalue weighted by molar-refractivity contribution is 7.99. The number of urea groups is 1. The molecule has 0 bridgehead atoms. The van der Waals surface area contributed by atoms with Crippen LogP contribution in [-0.4, -0.2) is 28.5 Å². The number of hydrogen-bond acceptors (Lipinski definition) is 4. The summed E-state index contributed by atoms with van der Waals surface area (Å²) in [4.78, 5) is 21.8. The van der Waals surface area contributed by atoms with Crippen molar-refractivity contribution in [3.05, 3.63) is 34.4 Å². The summed E-state index contributed by atoms with van der Waals surface area (Å²) in [5.74, 6) is 2.09. The second-order valence-corrected chi connectivity index (χ2v) is 5.47. The molecule has 0 unspecified atom stereocenters. The topological polar surface area (TPSA) is 84.3 Å². The van der Waals surface area contributed by atoms with E-state index in [4.69, 9.17) is 0 Å². The minimum Gasteiger partial charge on any atom is -0.334 e. The van der Waals surface area contributed by atoms with Gasteiger partial charge in [-0.05, 0) is 30.7 Å². The van der Waals surface area contributed by atoms with Gasteiger partial charge in [0.05, 0.1) is 4.92 Å². The molecule has 1 atom stereocenters. The largest absolute Gasteiger partial charge is 0.334 e. The molecule has 2 N–H and O–H groups in total. The summed E-state index contributed by atoms with van der Waals surface area (Å²) < 4.78 is 0. The number of non-ortho nitro benzene ring substituents is 1. The molecular formula is C12H15N3O3S. The number of nitro benzene ring substituents is 1. The third-order valence-electron chi connectivity index (χ3n) is 2.83. The van der Waals surface area contributed by atoms with E-state index < -0.39 is 4.92 Å². The lowest BCUT2D eigenvalue weighted by molar-refractivity contribution is -0.384. The summed E-state index contributed by atoms with van der Waals surface area (Å²) in [7, 11) is 0. The van der Waals surface area contributed by atoms with Gasteiger partial charge in [-0.1, -0.05) is 0 Å². The first kappa shape index (κ1) is 13.7. The summed E-state index contributed by atoms with van der Waals surface area (Å²) in [5, 5.41) is 16.1. The van der Waals surface area contributed by atoms with Crippen molar-refractivity contribution < 1.29 is 9.72 Å². The lowest BCUT2D eigenvalue weighted by Gasteiger charge is -2.22. The van der Waals surface area contributed by atoms with Gasteiger partial charge < -0.3 is 10.6 Å². The van der Waals surface area contributed by atoms with Gasteiger partial charge in [-0.3, -0.25) is 10.1 Å². The Hall–Kier alpha value is -1.76. The van der Waals surface area contributed by atoms with Crippen molar-refractivity contribution in [3.8, 4) is 0 Å². The zero-order valence-electron chi connectivity index (χ0n) is 10.3. The molecule has 2 rings (SSSR count). The van der Waals surface area contributed by atoms with Crippen LogP contribution in [0.4, 0.5) is 16.2 Å². The molecule has 102 valence electrons. The Morgan fingerprint density at radius 1 is 1.37 bits per heavy atom. The number of benzene rings is 1. The molecule has 1 fully saturated rings. The Bertz CT molecular complexity index is 458. The predicted molar refractivity (Wildman–Crippen MR) is 75.6 cm³/mol. The van der Waals surface area contributed by atoms with Gasteiger partial charge in [0.1, 0.15) is 0 Å². The molecule has 2 amide bonds. The Morgan fingerprint density at radius 3 is 2.68 bits per heavy atom. The molecule has 0 radical (unpaired) electrons. The standard InChI is InChI=1S/C12H15N3O3S/c16-12(14-10-2-1-7-19-8-10)13-9-3-5-11(6-4-9)15(17)18/h3-6,10H,1-2,7-8H2,(H2,13,14,16)/t10-/m0/s1. The number of nitrogens with one attached hydrogen (secondary N) is 2. The van der Waals surface area contributed by atoms with E-state index in [2.05, 4.69) is 10.6 Å².